The summed E-state index contributed by atoms with van der Waals surface area (Å²) < 4.78 is 12.9. The van der Waals surface area contributed by atoms with Crippen molar-refractivity contribution in [1.29, 1.82) is 0 Å². The lowest BCUT2D eigenvalue weighted by molar-refractivity contribution is 0.426. The molecular weight excluding hydrogens is 231 g/mol. The molecule has 0 fully saturated rings. The Bertz CT molecular complexity index is 565. The van der Waals surface area contributed by atoms with Crippen molar-refractivity contribution in [3.63, 3.8) is 0 Å². The van der Waals surface area contributed by atoms with Gasteiger partial charge in [0, 0.05) is 5.56 Å². The molecule has 0 saturated carbocycles. The molecule has 3 nitrogen and oxygen atoms in total. The minimum atomic E-state index is -0.293. The van der Waals surface area contributed by atoms with Crippen molar-refractivity contribution in [2.75, 3.05) is 0 Å². The second-order valence-electron chi connectivity index (χ2n) is 4.54. The molecule has 2 rings (SSSR count). The summed E-state index contributed by atoms with van der Waals surface area (Å²) in [5.74, 6) is -0.100. The Balaban J connectivity index is 2.60. The monoisotopic (exact) mass is 246 g/mol. The van der Waals surface area contributed by atoms with E-state index in [1.807, 2.05) is 20.8 Å². The van der Waals surface area contributed by atoms with Gasteiger partial charge in [-0.3, -0.25) is 0 Å². The molecule has 94 valence electrons. The molecule has 18 heavy (non-hydrogen) atoms. The first-order chi connectivity index (χ1) is 8.49. The lowest BCUT2D eigenvalue weighted by atomic mass is 10.00. The summed E-state index contributed by atoms with van der Waals surface area (Å²) in [6.45, 7) is 5.92. The van der Waals surface area contributed by atoms with Crippen molar-refractivity contribution < 1.29 is 9.50 Å². The zero-order chi connectivity index (χ0) is 13.3. The molecule has 0 unspecified atom stereocenters. The van der Waals surface area contributed by atoms with Crippen LogP contribution in [0.1, 0.15) is 31.0 Å². The summed E-state index contributed by atoms with van der Waals surface area (Å²) in [7, 11) is 0. The van der Waals surface area contributed by atoms with Crippen molar-refractivity contribution in [2.45, 2.75) is 26.7 Å². The molecule has 0 saturated heterocycles. The van der Waals surface area contributed by atoms with Gasteiger partial charge < -0.3 is 5.11 Å². The van der Waals surface area contributed by atoms with Gasteiger partial charge in [0.15, 0.2) is 0 Å². The third-order valence-electron chi connectivity index (χ3n) is 2.84. The van der Waals surface area contributed by atoms with Crippen LogP contribution in [0.4, 0.5) is 4.39 Å². The van der Waals surface area contributed by atoms with Crippen LogP contribution >= 0.6 is 0 Å². The maximum Gasteiger partial charge on any atom is 0.314 e. The van der Waals surface area contributed by atoms with Gasteiger partial charge in [0.2, 0.25) is 0 Å². The quantitative estimate of drug-likeness (QED) is 0.883. The number of rotatable bonds is 2. The van der Waals surface area contributed by atoms with Crippen LogP contribution in [0.25, 0.3) is 11.3 Å². The first-order valence-electron chi connectivity index (χ1n) is 5.82. The van der Waals surface area contributed by atoms with E-state index >= 15 is 0 Å². The van der Waals surface area contributed by atoms with Crippen LogP contribution in [-0.4, -0.2) is 15.1 Å². The number of nitrogens with zero attached hydrogens (tertiary/aromatic N) is 2. The highest BCUT2D eigenvalue weighted by molar-refractivity contribution is 5.64. The fraction of sp³-hybridized carbons (Fsp3) is 0.286. The summed E-state index contributed by atoms with van der Waals surface area (Å²) in [4.78, 5) is 8.08. The van der Waals surface area contributed by atoms with Crippen LogP contribution in [0.5, 0.6) is 6.01 Å². The minimum Gasteiger partial charge on any atom is -0.479 e. The van der Waals surface area contributed by atoms with Gasteiger partial charge in [-0.2, -0.15) is 9.97 Å². The summed E-state index contributed by atoms with van der Waals surface area (Å²) in [5, 5.41) is 9.59. The summed E-state index contributed by atoms with van der Waals surface area (Å²) in [5.41, 5.74) is 3.14. The Kier molecular flexibility index (Phi) is 3.28. The number of aromatic hydroxyl groups is 1. The predicted octanol–water partition coefficient (Wildman–Crippen LogP) is 3.42. The smallest absolute Gasteiger partial charge is 0.314 e. The maximum absolute atomic E-state index is 12.9. The van der Waals surface area contributed by atoms with Crippen LogP contribution in [0.15, 0.2) is 24.3 Å². The average Bonchev–Trinajstić information content (AvgIpc) is 2.32. The highest BCUT2D eigenvalue weighted by atomic mass is 19.1. The van der Waals surface area contributed by atoms with Gasteiger partial charge in [-0.05, 0) is 42.7 Å². The van der Waals surface area contributed by atoms with Gasteiger partial charge in [0.25, 0.3) is 0 Å². The molecule has 0 atom stereocenters. The number of benzene rings is 1. The Labute approximate surface area is 105 Å². The van der Waals surface area contributed by atoms with Gasteiger partial charge in [0.05, 0.1) is 11.4 Å². The third-order valence-corrected chi connectivity index (χ3v) is 2.84. The molecule has 1 N–H and O–H groups in total. The first kappa shape index (κ1) is 12.5. The van der Waals surface area contributed by atoms with Crippen LogP contribution < -0.4 is 0 Å². The minimum absolute atomic E-state index is 0.193. The van der Waals surface area contributed by atoms with Crippen LogP contribution in [0.2, 0.25) is 0 Å². The zero-order valence-corrected chi connectivity index (χ0v) is 10.6. The van der Waals surface area contributed by atoms with E-state index in [-0.39, 0.29) is 17.7 Å². The van der Waals surface area contributed by atoms with E-state index in [9.17, 15) is 9.50 Å². The summed E-state index contributed by atoms with van der Waals surface area (Å²) in [6, 6.07) is 5.80. The number of hydrogen-bond donors (Lipinski definition) is 1. The fourth-order valence-corrected chi connectivity index (χ4v) is 1.97. The standard InChI is InChI=1S/C14H15FN2O/c1-8(2)12-9(3)13(17-14(18)16-12)10-4-6-11(15)7-5-10/h4-8H,1-3H3,(H,16,17,18). The number of halogens is 1. The van der Waals surface area contributed by atoms with E-state index in [0.29, 0.717) is 5.69 Å². The van der Waals surface area contributed by atoms with E-state index in [0.717, 1.165) is 16.8 Å². The van der Waals surface area contributed by atoms with Crippen molar-refractivity contribution in [2.24, 2.45) is 0 Å². The zero-order valence-electron chi connectivity index (χ0n) is 10.6. The third kappa shape index (κ3) is 2.32. The van der Waals surface area contributed by atoms with E-state index in [2.05, 4.69) is 9.97 Å². The number of hydrogen-bond acceptors (Lipinski definition) is 3. The van der Waals surface area contributed by atoms with Gasteiger partial charge in [-0.15, -0.1) is 0 Å². The van der Waals surface area contributed by atoms with E-state index in [1.165, 1.54) is 12.1 Å². The molecule has 0 bridgehead atoms. The molecule has 1 aromatic heterocycles. The molecule has 1 aromatic carbocycles. The van der Waals surface area contributed by atoms with Crippen molar-refractivity contribution in [3.05, 3.63) is 41.3 Å². The van der Waals surface area contributed by atoms with Gasteiger partial charge >= 0.3 is 6.01 Å². The Morgan fingerprint density at radius 2 is 1.72 bits per heavy atom. The lowest BCUT2D eigenvalue weighted by Gasteiger charge is -2.12. The second-order valence-corrected chi connectivity index (χ2v) is 4.54. The van der Waals surface area contributed by atoms with E-state index in [4.69, 9.17) is 0 Å². The molecule has 2 aromatic rings. The van der Waals surface area contributed by atoms with Crippen LogP contribution in [-0.2, 0) is 0 Å². The molecule has 0 aliphatic heterocycles. The highest BCUT2D eigenvalue weighted by Crippen LogP contribution is 2.28. The van der Waals surface area contributed by atoms with Crippen LogP contribution in [0, 0.1) is 12.7 Å². The van der Waals surface area contributed by atoms with E-state index in [1.54, 1.807) is 12.1 Å². The Morgan fingerprint density at radius 1 is 1.11 bits per heavy atom. The highest BCUT2D eigenvalue weighted by Gasteiger charge is 2.14. The molecule has 0 spiro atoms. The molecule has 0 aliphatic carbocycles. The molecule has 0 radical (unpaired) electrons. The second kappa shape index (κ2) is 4.72. The molecule has 4 heteroatoms. The summed E-state index contributed by atoms with van der Waals surface area (Å²) in [6.07, 6.45) is 0. The number of aromatic nitrogens is 2. The van der Waals surface area contributed by atoms with Crippen molar-refractivity contribution in [1.82, 2.24) is 9.97 Å². The average molecular weight is 246 g/mol. The molecule has 1 heterocycles. The molecule has 0 amide bonds. The fourth-order valence-electron chi connectivity index (χ4n) is 1.97. The Morgan fingerprint density at radius 3 is 2.28 bits per heavy atom. The topological polar surface area (TPSA) is 46.0 Å². The molecular formula is C14H15FN2O. The van der Waals surface area contributed by atoms with E-state index < -0.39 is 0 Å². The molecule has 0 aliphatic rings. The van der Waals surface area contributed by atoms with Crippen molar-refractivity contribution >= 4 is 0 Å². The largest absolute Gasteiger partial charge is 0.479 e. The maximum atomic E-state index is 12.9. The first-order valence-corrected chi connectivity index (χ1v) is 5.82. The van der Waals surface area contributed by atoms with Crippen molar-refractivity contribution in [3.8, 4) is 17.3 Å². The summed E-state index contributed by atoms with van der Waals surface area (Å²) >= 11 is 0. The normalized spacial score (nSPS) is 10.9. The Hall–Kier alpha value is -1.97. The lowest BCUT2D eigenvalue weighted by Crippen LogP contribution is -2.01. The van der Waals surface area contributed by atoms with Crippen LogP contribution in [0.3, 0.4) is 0 Å². The SMILES string of the molecule is Cc1c(-c2ccc(F)cc2)nc(O)nc1C(C)C. The van der Waals surface area contributed by atoms with Gasteiger partial charge in [0.1, 0.15) is 5.82 Å². The predicted molar refractivity (Wildman–Crippen MR) is 67.9 cm³/mol. The van der Waals surface area contributed by atoms with Gasteiger partial charge in [-0.1, -0.05) is 13.8 Å². The van der Waals surface area contributed by atoms with Gasteiger partial charge in [-0.25, -0.2) is 4.39 Å².